The Bertz CT molecular complexity index is 1490. The van der Waals surface area contributed by atoms with Crippen LogP contribution in [-0.2, 0) is 21.4 Å². The second-order valence-corrected chi connectivity index (χ2v) is 11.7. The van der Waals surface area contributed by atoms with Crippen molar-refractivity contribution >= 4 is 42.6 Å². The highest BCUT2D eigenvalue weighted by Gasteiger charge is 2.42. The number of hydrogen-bond donors (Lipinski definition) is 0. The highest BCUT2D eigenvalue weighted by atomic mass is 32.2. The predicted molar refractivity (Wildman–Crippen MR) is 139 cm³/mol. The summed E-state index contributed by atoms with van der Waals surface area (Å²) in [6.45, 7) is 4.47. The molecule has 0 saturated carbocycles. The SMILES string of the molecule is COc1ccc(S(=O)(=O)N2CCCC2C(=O)N(Cc2ccco2)c2nc3cc(C)cc(C)c3s2)cc1. The number of furan rings is 1. The number of thiazole rings is 1. The van der Waals surface area contributed by atoms with Crippen molar-refractivity contribution < 1.29 is 22.4 Å². The maximum Gasteiger partial charge on any atom is 0.247 e. The van der Waals surface area contributed by atoms with Crippen LogP contribution in [0.2, 0.25) is 0 Å². The zero-order valence-corrected chi connectivity index (χ0v) is 21.9. The van der Waals surface area contributed by atoms with Crippen molar-refractivity contribution in [2.24, 2.45) is 0 Å². The number of nitrogens with zero attached hydrogens (tertiary/aromatic N) is 3. The van der Waals surface area contributed by atoms with Gasteiger partial charge >= 0.3 is 0 Å². The molecule has 0 bridgehead atoms. The molecule has 2 aromatic carbocycles. The number of rotatable bonds is 7. The van der Waals surface area contributed by atoms with Gasteiger partial charge in [-0.25, -0.2) is 13.4 Å². The van der Waals surface area contributed by atoms with Crippen molar-refractivity contribution in [3.8, 4) is 5.75 Å². The van der Waals surface area contributed by atoms with Crippen LogP contribution in [0.5, 0.6) is 5.75 Å². The van der Waals surface area contributed by atoms with Crippen LogP contribution < -0.4 is 9.64 Å². The van der Waals surface area contributed by atoms with Gasteiger partial charge in [-0.2, -0.15) is 4.31 Å². The second-order valence-electron chi connectivity index (χ2n) is 8.88. The van der Waals surface area contributed by atoms with Gasteiger partial charge in [-0.15, -0.1) is 0 Å². The Morgan fingerprint density at radius 3 is 2.69 bits per heavy atom. The van der Waals surface area contributed by atoms with Gasteiger partial charge in [0, 0.05) is 6.54 Å². The Labute approximate surface area is 214 Å². The molecule has 188 valence electrons. The van der Waals surface area contributed by atoms with E-state index in [1.165, 1.54) is 34.9 Å². The highest BCUT2D eigenvalue weighted by Crippen LogP contribution is 2.35. The third-order valence-electron chi connectivity index (χ3n) is 6.35. The van der Waals surface area contributed by atoms with Crippen molar-refractivity contribution in [1.29, 1.82) is 0 Å². The molecule has 0 N–H and O–H groups in total. The van der Waals surface area contributed by atoms with Crippen LogP contribution in [0.4, 0.5) is 5.13 Å². The summed E-state index contributed by atoms with van der Waals surface area (Å²) in [6, 6.07) is 13.0. The molecule has 1 saturated heterocycles. The minimum atomic E-state index is -3.88. The van der Waals surface area contributed by atoms with E-state index in [2.05, 4.69) is 6.07 Å². The van der Waals surface area contributed by atoms with E-state index >= 15 is 0 Å². The average Bonchev–Trinajstić information content (AvgIpc) is 3.63. The standard InChI is InChI=1S/C26H27N3O5S2/c1-17-14-18(2)24-22(15-17)27-26(35-24)28(16-20-6-5-13-34-20)25(30)23-7-4-12-29(23)36(31,32)21-10-8-19(33-3)9-11-21/h5-6,8-11,13-15,23H,4,7,12,16H2,1-3H3. The number of fused-ring (bicyclic) bond motifs is 1. The third kappa shape index (κ3) is 4.52. The van der Waals surface area contributed by atoms with E-state index in [4.69, 9.17) is 14.1 Å². The van der Waals surface area contributed by atoms with Gasteiger partial charge in [0.15, 0.2) is 5.13 Å². The van der Waals surface area contributed by atoms with Crippen LogP contribution in [-0.4, -0.2) is 43.3 Å². The number of benzene rings is 2. The number of hydrogen-bond acceptors (Lipinski definition) is 7. The molecule has 1 atom stereocenters. The molecule has 2 aromatic heterocycles. The normalized spacial score (nSPS) is 16.5. The fraction of sp³-hybridized carbons (Fsp3) is 0.308. The van der Waals surface area contributed by atoms with Gasteiger partial charge in [-0.1, -0.05) is 17.4 Å². The number of ether oxygens (including phenoxy) is 1. The number of sulfonamides is 1. The zero-order chi connectivity index (χ0) is 25.4. The average molecular weight is 526 g/mol. The van der Waals surface area contributed by atoms with Crippen molar-refractivity contribution in [3.05, 3.63) is 71.7 Å². The van der Waals surface area contributed by atoms with Crippen molar-refractivity contribution in [3.63, 3.8) is 0 Å². The third-order valence-corrected chi connectivity index (χ3v) is 9.51. The van der Waals surface area contributed by atoms with Gasteiger partial charge < -0.3 is 9.15 Å². The quantitative estimate of drug-likeness (QED) is 0.341. The Kier molecular flexibility index (Phi) is 6.59. The van der Waals surface area contributed by atoms with Crippen molar-refractivity contribution in [1.82, 2.24) is 9.29 Å². The van der Waals surface area contributed by atoms with Crippen molar-refractivity contribution in [2.75, 3.05) is 18.6 Å². The summed E-state index contributed by atoms with van der Waals surface area (Å²) < 4.78 is 40.1. The van der Waals surface area contributed by atoms with Crippen LogP contribution in [0, 0.1) is 13.8 Å². The molecule has 0 radical (unpaired) electrons. The smallest absolute Gasteiger partial charge is 0.247 e. The molecule has 5 rings (SSSR count). The van der Waals surface area contributed by atoms with Gasteiger partial charge in [0.25, 0.3) is 0 Å². The summed E-state index contributed by atoms with van der Waals surface area (Å²) in [5.41, 5.74) is 3.00. The molecule has 1 aliphatic rings. The number of carbonyl (C=O) groups excluding carboxylic acids is 1. The Hall–Kier alpha value is -3.21. The molecule has 1 aliphatic heterocycles. The van der Waals surface area contributed by atoms with Gasteiger partial charge in [0.1, 0.15) is 17.6 Å². The van der Waals surface area contributed by atoms with E-state index in [0.29, 0.717) is 29.5 Å². The summed E-state index contributed by atoms with van der Waals surface area (Å²) >= 11 is 1.43. The first kappa shape index (κ1) is 24.5. The van der Waals surface area contributed by atoms with Crippen molar-refractivity contribution in [2.45, 2.75) is 44.2 Å². The molecule has 0 spiro atoms. The molecule has 1 unspecified atom stereocenters. The largest absolute Gasteiger partial charge is 0.497 e. The molecule has 10 heteroatoms. The first-order chi connectivity index (χ1) is 17.3. The second kappa shape index (κ2) is 9.68. The molecule has 8 nitrogen and oxygen atoms in total. The van der Waals surface area contributed by atoms with E-state index < -0.39 is 16.1 Å². The summed E-state index contributed by atoms with van der Waals surface area (Å²) in [4.78, 5) is 20.5. The lowest BCUT2D eigenvalue weighted by atomic mass is 10.1. The molecule has 4 aromatic rings. The van der Waals surface area contributed by atoms with Crippen LogP contribution in [0.1, 0.15) is 29.7 Å². The van der Waals surface area contributed by atoms with Gasteiger partial charge in [-0.3, -0.25) is 9.69 Å². The lowest BCUT2D eigenvalue weighted by molar-refractivity contribution is -0.121. The lowest BCUT2D eigenvalue weighted by Crippen LogP contribution is -2.47. The fourth-order valence-corrected chi connectivity index (χ4v) is 7.29. The van der Waals surface area contributed by atoms with E-state index in [9.17, 15) is 13.2 Å². The minimum absolute atomic E-state index is 0.131. The number of anilines is 1. The first-order valence-corrected chi connectivity index (χ1v) is 13.9. The summed E-state index contributed by atoms with van der Waals surface area (Å²) in [5.74, 6) is 0.849. The van der Waals surface area contributed by atoms with Crippen LogP contribution in [0.15, 0.2) is 64.1 Å². The van der Waals surface area contributed by atoms with E-state index in [0.717, 1.165) is 21.3 Å². The Morgan fingerprint density at radius 1 is 1.22 bits per heavy atom. The monoisotopic (exact) mass is 525 g/mol. The fourth-order valence-electron chi connectivity index (χ4n) is 4.62. The topological polar surface area (TPSA) is 93.0 Å². The lowest BCUT2D eigenvalue weighted by Gasteiger charge is -2.28. The van der Waals surface area contributed by atoms with E-state index in [1.54, 1.807) is 35.4 Å². The first-order valence-electron chi connectivity index (χ1n) is 11.7. The number of aryl methyl sites for hydroxylation is 2. The molecule has 36 heavy (non-hydrogen) atoms. The van der Waals surface area contributed by atoms with E-state index in [-0.39, 0.29) is 23.9 Å². The minimum Gasteiger partial charge on any atom is -0.497 e. The van der Waals surface area contributed by atoms with Crippen LogP contribution in [0.3, 0.4) is 0 Å². The van der Waals surface area contributed by atoms with Gasteiger partial charge in [0.05, 0.1) is 35.0 Å². The summed E-state index contributed by atoms with van der Waals surface area (Å²) in [6.07, 6.45) is 2.59. The molecule has 1 amide bonds. The Balaban J connectivity index is 1.51. The van der Waals surface area contributed by atoms with Crippen LogP contribution >= 0.6 is 11.3 Å². The number of aromatic nitrogens is 1. The summed E-state index contributed by atoms with van der Waals surface area (Å²) in [5, 5.41) is 0.522. The highest BCUT2D eigenvalue weighted by molar-refractivity contribution is 7.89. The maximum atomic E-state index is 14.0. The van der Waals surface area contributed by atoms with Gasteiger partial charge in [0.2, 0.25) is 15.9 Å². The molecule has 3 heterocycles. The number of carbonyl (C=O) groups is 1. The van der Waals surface area contributed by atoms with E-state index in [1.807, 2.05) is 19.9 Å². The van der Waals surface area contributed by atoms with Crippen LogP contribution in [0.25, 0.3) is 10.2 Å². The zero-order valence-electron chi connectivity index (χ0n) is 20.3. The molecular formula is C26H27N3O5S2. The number of methoxy groups -OCH3 is 1. The van der Waals surface area contributed by atoms with Gasteiger partial charge in [-0.05, 0) is 80.3 Å². The maximum absolute atomic E-state index is 14.0. The predicted octanol–water partition coefficient (Wildman–Crippen LogP) is 4.90. The molecular weight excluding hydrogens is 498 g/mol. The Morgan fingerprint density at radius 2 is 2.00 bits per heavy atom. The summed E-state index contributed by atoms with van der Waals surface area (Å²) in [7, 11) is -2.36. The molecule has 0 aliphatic carbocycles. The number of amides is 1. The molecule has 1 fully saturated rings.